The molecule has 0 saturated carbocycles. The number of hydrogen-bond donors (Lipinski definition) is 1. The first-order valence-corrected chi connectivity index (χ1v) is 5.92. The van der Waals surface area contributed by atoms with Gasteiger partial charge in [-0.2, -0.15) is 0 Å². The highest BCUT2D eigenvalue weighted by molar-refractivity contribution is 6.36. The lowest BCUT2D eigenvalue weighted by atomic mass is 10.0. The van der Waals surface area contributed by atoms with E-state index in [1.807, 2.05) is 31.2 Å². The summed E-state index contributed by atoms with van der Waals surface area (Å²) in [6.45, 7) is 2.30. The van der Waals surface area contributed by atoms with Gasteiger partial charge in [0, 0.05) is 17.1 Å². The molecule has 0 bridgehead atoms. The standard InChI is InChI=1S/C12H15Cl2NO/c1-2-11(15)10-5-3-4-6-12(10)16-8-9(14)7-13/h3-7,11H,2,8,15H2,1H3/t11-/m0/s1. The molecule has 16 heavy (non-hydrogen) atoms. The molecule has 0 aromatic heterocycles. The van der Waals surface area contributed by atoms with E-state index in [1.165, 1.54) is 5.54 Å². The van der Waals surface area contributed by atoms with Crippen molar-refractivity contribution in [3.8, 4) is 5.75 Å². The molecule has 0 heterocycles. The fraction of sp³-hybridized carbons (Fsp3) is 0.333. The van der Waals surface area contributed by atoms with E-state index >= 15 is 0 Å². The van der Waals surface area contributed by atoms with E-state index in [4.69, 9.17) is 33.7 Å². The SMILES string of the molecule is CC[C@H](N)c1ccccc1OCC(Cl)=CCl. The summed E-state index contributed by atoms with van der Waals surface area (Å²) in [7, 11) is 0. The quantitative estimate of drug-likeness (QED) is 0.874. The topological polar surface area (TPSA) is 35.2 Å². The van der Waals surface area contributed by atoms with Gasteiger partial charge in [-0.3, -0.25) is 0 Å². The molecular weight excluding hydrogens is 245 g/mol. The lowest BCUT2D eigenvalue weighted by molar-refractivity contribution is 0.352. The maximum atomic E-state index is 5.98. The van der Waals surface area contributed by atoms with Gasteiger partial charge in [-0.25, -0.2) is 0 Å². The van der Waals surface area contributed by atoms with Gasteiger partial charge in [-0.05, 0) is 12.5 Å². The van der Waals surface area contributed by atoms with Crippen molar-refractivity contribution in [3.63, 3.8) is 0 Å². The Hall–Kier alpha value is -0.700. The molecule has 1 atom stereocenters. The minimum absolute atomic E-state index is 0.0186. The zero-order valence-electron chi connectivity index (χ0n) is 9.12. The number of benzene rings is 1. The second-order valence-electron chi connectivity index (χ2n) is 3.40. The van der Waals surface area contributed by atoms with Crippen LogP contribution in [0.2, 0.25) is 0 Å². The van der Waals surface area contributed by atoms with Crippen LogP contribution in [-0.4, -0.2) is 6.61 Å². The Kier molecular flexibility index (Phi) is 5.67. The number of rotatable bonds is 5. The summed E-state index contributed by atoms with van der Waals surface area (Å²) in [6, 6.07) is 7.66. The second kappa shape index (κ2) is 6.79. The summed E-state index contributed by atoms with van der Waals surface area (Å²) in [5.41, 5.74) is 8.27. The zero-order chi connectivity index (χ0) is 12.0. The molecule has 1 aromatic carbocycles. The molecule has 2 N–H and O–H groups in total. The van der Waals surface area contributed by atoms with Crippen molar-refractivity contribution < 1.29 is 4.74 Å². The van der Waals surface area contributed by atoms with Crippen molar-refractivity contribution in [2.45, 2.75) is 19.4 Å². The van der Waals surface area contributed by atoms with Crippen LogP contribution in [0.1, 0.15) is 24.9 Å². The summed E-state index contributed by atoms with van der Waals surface area (Å²) in [5, 5.41) is 0.460. The highest BCUT2D eigenvalue weighted by Crippen LogP contribution is 2.25. The highest BCUT2D eigenvalue weighted by Gasteiger charge is 2.09. The fourth-order valence-corrected chi connectivity index (χ4v) is 1.43. The third kappa shape index (κ3) is 3.71. The average molecular weight is 260 g/mol. The van der Waals surface area contributed by atoms with E-state index < -0.39 is 0 Å². The van der Waals surface area contributed by atoms with Gasteiger partial charge in [0.1, 0.15) is 12.4 Å². The van der Waals surface area contributed by atoms with Gasteiger partial charge in [0.05, 0.1) is 5.03 Å². The number of nitrogens with two attached hydrogens (primary N) is 1. The smallest absolute Gasteiger partial charge is 0.125 e. The summed E-state index contributed by atoms with van der Waals surface area (Å²) in [6.07, 6.45) is 0.861. The van der Waals surface area contributed by atoms with E-state index in [0.717, 1.165) is 17.7 Å². The van der Waals surface area contributed by atoms with E-state index in [-0.39, 0.29) is 12.6 Å². The molecule has 0 aliphatic rings. The predicted octanol–water partition coefficient (Wildman–Crippen LogP) is 3.79. The molecule has 2 nitrogen and oxygen atoms in total. The van der Waals surface area contributed by atoms with Crippen molar-refractivity contribution in [3.05, 3.63) is 40.4 Å². The van der Waals surface area contributed by atoms with Crippen LogP contribution in [0.25, 0.3) is 0 Å². The zero-order valence-corrected chi connectivity index (χ0v) is 10.6. The summed E-state index contributed by atoms with van der Waals surface area (Å²) in [5.74, 6) is 0.758. The Morgan fingerprint density at radius 2 is 2.19 bits per heavy atom. The normalized spacial score (nSPS) is 13.6. The lowest BCUT2D eigenvalue weighted by Gasteiger charge is -2.15. The first-order valence-electron chi connectivity index (χ1n) is 5.11. The number of ether oxygens (including phenoxy) is 1. The minimum Gasteiger partial charge on any atom is -0.488 e. The van der Waals surface area contributed by atoms with Gasteiger partial charge in [0.2, 0.25) is 0 Å². The molecular formula is C12H15Cl2NO. The van der Waals surface area contributed by atoms with E-state index in [1.54, 1.807) is 0 Å². The van der Waals surface area contributed by atoms with Crippen LogP contribution < -0.4 is 10.5 Å². The summed E-state index contributed by atoms with van der Waals surface area (Å²) >= 11 is 11.2. The van der Waals surface area contributed by atoms with E-state index in [2.05, 4.69) is 0 Å². The van der Waals surface area contributed by atoms with E-state index in [9.17, 15) is 0 Å². The summed E-state index contributed by atoms with van der Waals surface area (Å²) in [4.78, 5) is 0. The van der Waals surface area contributed by atoms with Crippen LogP contribution in [0.15, 0.2) is 34.8 Å². The predicted molar refractivity (Wildman–Crippen MR) is 68.9 cm³/mol. The van der Waals surface area contributed by atoms with Gasteiger partial charge >= 0.3 is 0 Å². The molecule has 0 unspecified atom stereocenters. The van der Waals surface area contributed by atoms with Gasteiger partial charge in [0.15, 0.2) is 0 Å². The van der Waals surface area contributed by atoms with Crippen LogP contribution in [0, 0.1) is 0 Å². The van der Waals surface area contributed by atoms with Gasteiger partial charge in [-0.1, -0.05) is 48.3 Å². The second-order valence-corrected chi connectivity index (χ2v) is 4.10. The largest absolute Gasteiger partial charge is 0.488 e. The number of hydrogen-bond acceptors (Lipinski definition) is 2. The lowest BCUT2D eigenvalue weighted by Crippen LogP contribution is -2.11. The van der Waals surface area contributed by atoms with E-state index in [0.29, 0.717) is 5.03 Å². The Labute approximate surface area is 106 Å². The molecule has 0 saturated heterocycles. The number of para-hydroxylation sites is 1. The van der Waals surface area contributed by atoms with Crippen molar-refractivity contribution in [1.29, 1.82) is 0 Å². The minimum atomic E-state index is -0.0186. The Bertz CT molecular complexity index is 366. The van der Waals surface area contributed by atoms with Gasteiger partial charge in [-0.15, -0.1) is 0 Å². The Balaban J connectivity index is 2.79. The molecule has 1 aromatic rings. The van der Waals surface area contributed by atoms with Crippen molar-refractivity contribution in [2.24, 2.45) is 5.73 Å². The Morgan fingerprint density at radius 1 is 1.50 bits per heavy atom. The molecule has 0 aliphatic carbocycles. The highest BCUT2D eigenvalue weighted by atomic mass is 35.5. The fourth-order valence-electron chi connectivity index (χ4n) is 1.32. The average Bonchev–Trinajstić information content (AvgIpc) is 2.35. The molecule has 0 amide bonds. The third-order valence-electron chi connectivity index (χ3n) is 2.24. The molecule has 0 radical (unpaired) electrons. The van der Waals surface area contributed by atoms with Crippen LogP contribution in [0.4, 0.5) is 0 Å². The van der Waals surface area contributed by atoms with Crippen LogP contribution >= 0.6 is 23.2 Å². The molecule has 0 aliphatic heterocycles. The van der Waals surface area contributed by atoms with Crippen LogP contribution in [-0.2, 0) is 0 Å². The first-order chi connectivity index (χ1) is 7.69. The van der Waals surface area contributed by atoms with Crippen molar-refractivity contribution in [2.75, 3.05) is 6.61 Å². The Morgan fingerprint density at radius 3 is 2.81 bits per heavy atom. The van der Waals surface area contributed by atoms with Crippen LogP contribution in [0.5, 0.6) is 5.75 Å². The molecule has 88 valence electrons. The summed E-state index contributed by atoms with van der Waals surface area (Å²) < 4.78 is 5.55. The molecule has 0 fully saturated rings. The van der Waals surface area contributed by atoms with Crippen LogP contribution in [0.3, 0.4) is 0 Å². The van der Waals surface area contributed by atoms with Crippen molar-refractivity contribution in [1.82, 2.24) is 0 Å². The maximum absolute atomic E-state index is 5.98. The first kappa shape index (κ1) is 13.4. The molecule has 4 heteroatoms. The molecule has 0 spiro atoms. The monoisotopic (exact) mass is 259 g/mol. The number of halogens is 2. The van der Waals surface area contributed by atoms with Gasteiger partial charge in [0.25, 0.3) is 0 Å². The third-order valence-corrected chi connectivity index (χ3v) is 2.84. The maximum Gasteiger partial charge on any atom is 0.125 e. The van der Waals surface area contributed by atoms with Gasteiger partial charge < -0.3 is 10.5 Å². The van der Waals surface area contributed by atoms with Crippen molar-refractivity contribution >= 4 is 23.2 Å². The molecule has 1 rings (SSSR count).